The van der Waals surface area contributed by atoms with Crippen molar-refractivity contribution >= 4 is 17.9 Å². The van der Waals surface area contributed by atoms with E-state index in [1.54, 1.807) is 0 Å². The molecule has 0 aromatic heterocycles. The minimum Gasteiger partial charge on any atom is -0.481 e. The Hall–Kier alpha value is -1.85. The summed E-state index contributed by atoms with van der Waals surface area (Å²) in [5.41, 5.74) is -1.07. The third kappa shape index (κ3) is 3.37. The fourth-order valence-electron chi connectivity index (χ4n) is 0.649. The van der Waals surface area contributed by atoms with E-state index in [0.29, 0.717) is 0 Å². The average molecular weight is 188 g/mol. The van der Waals surface area contributed by atoms with Crippen LogP contribution in [0.4, 0.5) is 0 Å². The number of carbonyl (C=O) groups is 3. The summed E-state index contributed by atoms with van der Waals surface area (Å²) in [5, 5.41) is 25.1. The lowest BCUT2D eigenvalue weighted by molar-refractivity contribution is -0.140. The van der Waals surface area contributed by atoms with Gasteiger partial charge in [-0.15, -0.1) is 0 Å². The lowest BCUT2D eigenvalue weighted by Gasteiger charge is -2.00. The molecule has 0 atom stereocenters. The molecule has 0 rings (SSSR count). The highest BCUT2D eigenvalue weighted by atomic mass is 16.4. The van der Waals surface area contributed by atoms with Crippen LogP contribution in [0.1, 0.15) is 13.3 Å². The van der Waals surface area contributed by atoms with E-state index in [2.05, 4.69) is 0 Å². The van der Waals surface area contributed by atoms with Gasteiger partial charge in [0.1, 0.15) is 0 Å². The molecular weight excluding hydrogens is 180 g/mol. The largest absolute Gasteiger partial charge is 0.481 e. The number of carboxylic acids is 3. The summed E-state index contributed by atoms with van der Waals surface area (Å²) in [6, 6.07) is 0. The van der Waals surface area contributed by atoms with Crippen molar-refractivity contribution in [2.24, 2.45) is 0 Å². The summed E-state index contributed by atoms with van der Waals surface area (Å²) in [7, 11) is 0. The molecule has 0 bridgehead atoms. The van der Waals surface area contributed by atoms with E-state index < -0.39 is 35.5 Å². The molecule has 13 heavy (non-hydrogen) atoms. The van der Waals surface area contributed by atoms with Crippen LogP contribution in [0.15, 0.2) is 11.1 Å². The third-order valence-electron chi connectivity index (χ3n) is 1.36. The summed E-state index contributed by atoms with van der Waals surface area (Å²) < 4.78 is 0. The second-order valence-corrected chi connectivity index (χ2v) is 2.28. The summed E-state index contributed by atoms with van der Waals surface area (Å²) in [4.78, 5) is 30.9. The minimum absolute atomic E-state index is 0.463. The molecule has 0 aromatic rings. The molecule has 0 spiro atoms. The Labute approximate surface area is 73.1 Å². The number of hydrogen-bond donors (Lipinski definition) is 3. The quantitative estimate of drug-likeness (QED) is 0.533. The molecule has 0 aromatic carbocycles. The third-order valence-corrected chi connectivity index (χ3v) is 1.36. The van der Waals surface area contributed by atoms with Gasteiger partial charge in [-0.1, -0.05) is 0 Å². The van der Waals surface area contributed by atoms with E-state index in [1.807, 2.05) is 0 Å². The van der Waals surface area contributed by atoms with E-state index in [9.17, 15) is 14.4 Å². The van der Waals surface area contributed by atoms with Gasteiger partial charge in [0.05, 0.1) is 12.0 Å². The summed E-state index contributed by atoms with van der Waals surface area (Å²) >= 11 is 0. The van der Waals surface area contributed by atoms with Crippen LogP contribution >= 0.6 is 0 Å². The first-order chi connectivity index (χ1) is 5.86. The molecule has 72 valence electrons. The molecule has 0 aliphatic rings. The lowest BCUT2D eigenvalue weighted by Crippen LogP contribution is -2.12. The van der Waals surface area contributed by atoms with Crippen molar-refractivity contribution in [1.29, 1.82) is 0 Å². The molecule has 3 N–H and O–H groups in total. The smallest absolute Gasteiger partial charge is 0.332 e. The van der Waals surface area contributed by atoms with Gasteiger partial charge < -0.3 is 15.3 Å². The summed E-state index contributed by atoms with van der Waals surface area (Å²) in [5.74, 6) is -4.33. The highest BCUT2D eigenvalue weighted by molar-refractivity contribution is 6.01. The molecule has 0 unspecified atom stereocenters. The van der Waals surface area contributed by atoms with Crippen molar-refractivity contribution in [3.05, 3.63) is 11.1 Å². The van der Waals surface area contributed by atoms with Gasteiger partial charge in [-0.25, -0.2) is 9.59 Å². The zero-order chi connectivity index (χ0) is 10.6. The Morgan fingerprint density at radius 2 is 1.46 bits per heavy atom. The average Bonchev–Trinajstić information content (AvgIpc) is 1.97. The van der Waals surface area contributed by atoms with Crippen molar-refractivity contribution in [1.82, 2.24) is 0 Å². The molecule has 0 amide bonds. The predicted molar refractivity (Wildman–Crippen MR) is 40.2 cm³/mol. The Morgan fingerprint density at radius 1 is 1.00 bits per heavy atom. The summed E-state index contributed by atoms with van der Waals surface area (Å²) in [6.07, 6.45) is -0.798. The first-order valence-electron chi connectivity index (χ1n) is 3.24. The second-order valence-electron chi connectivity index (χ2n) is 2.28. The number of carboxylic acid groups (broad SMARTS) is 3. The van der Waals surface area contributed by atoms with Gasteiger partial charge in [0.25, 0.3) is 0 Å². The van der Waals surface area contributed by atoms with Crippen molar-refractivity contribution in [3.8, 4) is 0 Å². The van der Waals surface area contributed by atoms with Crippen molar-refractivity contribution in [3.63, 3.8) is 0 Å². The Bertz CT molecular complexity index is 287. The van der Waals surface area contributed by atoms with Gasteiger partial charge >= 0.3 is 17.9 Å². The van der Waals surface area contributed by atoms with Crippen LogP contribution in [0.2, 0.25) is 0 Å². The number of rotatable bonds is 4. The van der Waals surface area contributed by atoms with Crippen LogP contribution in [-0.4, -0.2) is 33.2 Å². The first kappa shape index (κ1) is 11.2. The Morgan fingerprint density at radius 3 is 1.69 bits per heavy atom. The topological polar surface area (TPSA) is 112 Å². The van der Waals surface area contributed by atoms with E-state index in [0.717, 1.165) is 6.92 Å². The van der Waals surface area contributed by atoms with Crippen molar-refractivity contribution in [2.45, 2.75) is 13.3 Å². The second kappa shape index (κ2) is 4.24. The fourth-order valence-corrected chi connectivity index (χ4v) is 0.649. The first-order valence-corrected chi connectivity index (χ1v) is 3.24. The Kier molecular flexibility index (Phi) is 3.64. The number of aliphatic carboxylic acids is 3. The van der Waals surface area contributed by atoms with E-state index in [1.165, 1.54) is 0 Å². The van der Waals surface area contributed by atoms with Crippen LogP contribution in [0, 0.1) is 0 Å². The molecule has 0 radical (unpaired) electrons. The van der Waals surface area contributed by atoms with Gasteiger partial charge in [0.15, 0.2) is 0 Å². The van der Waals surface area contributed by atoms with Gasteiger partial charge in [-0.2, -0.15) is 0 Å². The maximum atomic E-state index is 10.4. The number of hydrogen-bond acceptors (Lipinski definition) is 3. The highest BCUT2D eigenvalue weighted by Gasteiger charge is 2.18. The standard InChI is InChI=1S/C7H8O6/c1-3(6(10)11)4(7(12)13)2-5(8)9/h2H2,1H3,(H,8,9)(H,10,11)(H,12,13)/b4-3-. The zero-order valence-electron chi connectivity index (χ0n) is 6.77. The molecule has 6 heteroatoms. The van der Waals surface area contributed by atoms with Crippen LogP contribution in [0.5, 0.6) is 0 Å². The van der Waals surface area contributed by atoms with E-state index >= 15 is 0 Å². The van der Waals surface area contributed by atoms with E-state index in [-0.39, 0.29) is 0 Å². The normalized spacial score (nSPS) is 11.8. The van der Waals surface area contributed by atoms with Crippen molar-refractivity contribution in [2.75, 3.05) is 0 Å². The van der Waals surface area contributed by atoms with Crippen LogP contribution in [0.25, 0.3) is 0 Å². The van der Waals surface area contributed by atoms with Gasteiger partial charge in [0.2, 0.25) is 0 Å². The van der Waals surface area contributed by atoms with Crippen LogP contribution in [-0.2, 0) is 14.4 Å². The fraction of sp³-hybridized carbons (Fsp3) is 0.286. The molecule has 0 saturated heterocycles. The molecule has 0 fully saturated rings. The van der Waals surface area contributed by atoms with Gasteiger partial charge in [-0.3, -0.25) is 4.79 Å². The molecule has 6 nitrogen and oxygen atoms in total. The predicted octanol–water partition coefficient (Wildman–Crippen LogP) is -0.0532. The molecular formula is C7H8O6. The van der Waals surface area contributed by atoms with Crippen LogP contribution in [0.3, 0.4) is 0 Å². The SMILES string of the molecule is C/C(C(=O)O)=C(\CC(=O)O)C(=O)O. The van der Waals surface area contributed by atoms with E-state index in [4.69, 9.17) is 15.3 Å². The zero-order valence-corrected chi connectivity index (χ0v) is 6.77. The van der Waals surface area contributed by atoms with Crippen molar-refractivity contribution < 1.29 is 29.7 Å². The molecule has 0 aliphatic carbocycles. The molecule has 0 aliphatic heterocycles. The Balaban J connectivity index is 5.00. The molecule has 0 saturated carbocycles. The van der Waals surface area contributed by atoms with Gasteiger partial charge in [-0.05, 0) is 6.92 Å². The maximum Gasteiger partial charge on any atom is 0.332 e. The molecule has 0 heterocycles. The van der Waals surface area contributed by atoms with Gasteiger partial charge in [0, 0.05) is 5.57 Å². The summed E-state index contributed by atoms with van der Waals surface area (Å²) in [6.45, 7) is 1.05. The maximum absolute atomic E-state index is 10.4. The monoisotopic (exact) mass is 188 g/mol. The highest BCUT2D eigenvalue weighted by Crippen LogP contribution is 2.09. The minimum atomic E-state index is -1.53. The van der Waals surface area contributed by atoms with Crippen LogP contribution < -0.4 is 0 Å². The lowest BCUT2D eigenvalue weighted by atomic mass is 10.1.